The Morgan fingerprint density at radius 2 is 2.00 bits per heavy atom. The minimum Gasteiger partial charge on any atom is -0.357 e. The monoisotopic (exact) mass is 208 g/mol. The molecule has 5 nitrogen and oxygen atoms in total. The quantitative estimate of drug-likeness (QED) is 0.561. The van der Waals surface area contributed by atoms with Crippen molar-refractivity contribution >= 4 is 5.69 Å². The van der Waals surface area contributed by atoms with Gasteiger partial charge < -0.3 is 4.52 Å². The normalized spacial score (nSPS) is 10.2. The average Bonchev–Trinajstić information content (AvgIpc) is 2.67. The van der Waals surface area contributed by atoms with E-state index in [4.69, 9.17) is 0 Å². The molecule has 0 bridgehead atoms. The van der Waals surface area contributed by atoms with Crippen molar-refractivity contribution < 1.29 is 13.8 Å². The Morgan fingerprint density at radius 1 is 1.33 bits per heavy atom. The van der Waals surface area contributed by atoms with E-state index in [-0.39, 0.29) is 11.4 Å². The molecule has 0 N–H and O–H groups in total. The summed E-state index contributed by atoms with van der Waals surface area (Å²) >= 11 is 0. The van der Waals surface area contributed by atoms with Crippen molar-refractivity contribution in [1.82, 2.24) is 5.16 Å². The molecular weight excluding hydrogens is 203 g/mol. The van der Waals surface area contributed by atoms with Crippen LogP contribution in [0.3, 0.4) is 0 Å². The molecular formula is C9H5FN2O3. The van der Waals surface area contributed by atoms with Crippen molar-refractivity contribution in [3.63, 3.8) is 0 Å². The zero-order chi connectivity index (χ0) is 10.8. The molecule has 6 heteroatoms. The van der Waals surface area contributed by atoms with Gasteiger partial charge >= 0.3 is 5.69 Å². The Balaban J connectivity index is 2.49. The van der Waals surface area contributed by atoms with Crippen LogP contribution in [0.25, 0.3) is 11.3 Å². The second-order valence-electron chi connectivity index (χ2n) is 2.81. The van der Waals surface area contributed by atoms with Crippen molar-refractivity contribution in [2.75, 3.05) is 0 Å². The zero-order valence-corrected chi connectivity index (χ0v) is 7.38. The summed E-state index contributed by atoms with van der Waals surface area (Å²) in [5.41, 5.74) is 0.304. The number of hydrogen-bond donors (Lipinski definition) is 0. The molecule has 0 fully saturated rings. The second kappa shape index (κ2) is 3.49. The van der Waals surface area contributed by atoms with Crippen LogP contribution in [-0.2, 0) is 0 Å². The number of benzene rings is 1. The molecule has 0 atom stereocenters. The summed E-state index contributed by atoms with van der Waals surface area (Å²) in [6, 6.07) is 5.21. The number of nitrogens with zero attached hydrogens (tertiary/aromatic N) is 2. The first kappa shape index (κ1) is 9.32. The van der Waals surface area contributed by atoms with E-state index in [1.165, 1.54) is 24.3 Å². The summed E-state index contributed by atoms with van der Waals surface area (Å²) in [4.78, 5) is 9.95. The highest BCUT2D eigenvalue weighted by Gasteiger charge is 2.19. The van der Waals surface area contributed by atoms with Gasteiger partial charge in [0.25, 0.3) is 0 Å². The Bertz CT molecular complexity index is 492. The maximum atomic E-state index is 12.6. The van der Waals surface area contributed by atoms with Gasteiger partial charge in [-0.1, -0.05) is 5.16 Å². The lowest BCUT2D eigenvalue weighted by Crippen LogP contribution is -1.89. The Labute approximate surface area is 83.3 Å². The number of halogens is 1. The Kier molecular flexibility index (Phi) is 2.17. The minimum atomic E-state index is -0.602. The van der Waals surface area contributed by atoms with Crippen LogP contribution in [-0.4, -0.2) is 10.1 Å². The molecule has 0 aliphatic rings. The van der Waals surface area contributed by atoms with Gasteiger partial charge in [-0.05, 0) is 24.3 Å². The van der Waals surface area contributed by atoms with E-state index in [1.807, 2.05) is 0 Å². The van der Waals surface area contributed by atoms with Crippen LogP contribution < -0.4 is 0 Å². The van der Waals surface area contributed by atoms with Crippen LogP contribution in [0.4, 0.5) is 10.1 Å². The van der Waals surface area contributed by atoms with Crippen LogP contribution >= 0.6 is 0 Å². The first-order valence-electron chi connectivity index (χ1n) is 4.03. The fraction of sp³-hybridized carbons (Fsp3) is 0. The maximum absolute atomic E-state index is 12.6. The molecule has 0 spiro atoms. The SMILES string of the molecule is O=[N+]([O-])c1conc1-c1ccc(F)cc1. The summed E-state index contributed by atoms with van der Waals surface area (Å²) < 4.78 is 17.1. The third-order valence-electron chi connectivity index (χ3n) is 1.87. The fourth-order valence-corrected chi connectivity index (χ4v) is 1.17. The van der Waals surface area contributed by atoms with Crippen molar-refractivity contribution in [1.29, 1.82) is 0 Å². The maximum Gasteiger partial charge on any atom is 0.336 e. The van der Waals surface area contributed by atoms with E-state index in [0.29, 0.717) is 5.56 Å². The lowest BCUT2D eigenvalue weighted by molar-refractivity contribution is -0.384. The third kappa shape index (κ3) is 1.69. The number of aromatic nitrogens is 1. The first-order chi connectivity index (χ1) is 7.18. The molecule has 2 rings (SSSR count). The van der Waals surface area contributed by atoms with E-state index >= 15 is 0 Å². The van der Waals surface area contributed by atoms with E-state index in [1.54, 1.807) is 0 Å². The van der Waals surface area contributed by atoms with Gasteiger partial charge in [0.15, 0.2) is 5.69 Å². The highest BCUT2D eigenvalue weighted by Crippen LogP contribution is 2.27. The summed E-state index contributed by atoms with van der Waals surface area (Å²) in [6.45, 7) is 0. The van der Waals surface area contributed by atoms with Crippen LogP contribution in [0.1, 0.15) is 0 Å². The van der Waals surface area contributed by atoms with Crippen molar-refractivity contribution in [3.8, 4) is 11.3 Å². The van der Waals surface area contributed by atoms with Gasteiger partial charge in [0, 0.05) is 5.56 Å². The average molecular weight is 208 g/mol. The topological polar surface area (TPSA) is 69.2 Å². The van der Waals surface area contributed by atoms with Crippen molar-refractivity contribution in [2.45, 2.75) is 0 Å². The van der Waals surface area contributed by atoms with Gasteiger partial charge in [-0.2, -0.15) is 0 Å². The minimum absolute atomic E-state index is 0.0972. The third-order valence-corrected chi connectivity index (χ3v) is 1.87. The van der Waals surface area contributed by atoms with Gasteiger partial charge in [-0.25, -0.2) is 4.39 Å². The molecule has 1 heterocycles. The van der Waals surface area contributed by atoms with E-state index < -0.39 is 10.7 Å². The lowest BCUT2D eigenvalue weighted by atomic mass is 10.1. The standard InChI is InChI=1S/C9H5FN2O3/c10-7-3-1-6(2-4-7)9-8(12(13)14)5-15-11-9/h1-5H. The lowest BCUT2D eigenvalue weighted by Gasteiger charge is -1.94. The predicted molar refractivity (Wildman–Crippen MR) is 48.6 cm³/mol. The molecule has 15 heavy (non-hydrogen) atoms. The molecule has 1 aromatic heterocycles. The number of nitro groups is 1. The zero-order valence-electron chi connectivity index (χ0n) is 7.38. The molecule has 76 valence electrons. The summed E-state index contributed by atoms with van der Waals surface area (Å²) in [5, 5.41) is 14.1. The highest BCUT2D eigenvalue weighted by molar-refractivity contribution is 5.67. The number of rotatable bonds is 2. The van der Waals surface area contributed by atoms with E-state index in [9.17, 15) is 14.5 Å². The molecule has 0 aliphatic heterocycles. The largest absolute Gasteiger partial charge is 0.357 e. The molecule has 1 aromatic carbocycles. The van der Waals surface area contributed by atoms with E-state index in [2.05, 4.69) is 9.68 Å². The molecule has 2 aromatic rings. The van der Waals surface area contributed by atoms with Gasteiger partial charge in [0.05, 0.1) is 4.92 Å². The van der Waals surface area contributed by atoms with Crippen molar-refractivity contribution in [3.05, 3.63) is 46.5 Å². The van der Waals surface area contributed by atoms with E-state index in [0.717, 1.165) is 6.26 Å². The molecule has 0 radical (unpaired) electrons. The van der Waals surface area contributed by atoms with Crippen molar-refractivity contribution in [2.24, 2.45) is 0 Å². The van der Waals surface area contributed by atoms with Gasteiger partial charge in [-0.3, -0.25) is 10.1 Å². The van der Waals surface area contributed by atoms with Crippen LogP contribution in [0.15, 0.2) is 35.1 Å². The first-order valence-corrected chi connectivity index (χ1v) is 4.03. The predicted octanol–water partition coefficient (Wildman–Crippen LogP) is 2.39. The molecule has 0 unspecified atom stereocenters. The summed E-state index contributed by atoms with van der Waals surface area (Å²) in [6.07, 6.45) is 0.943. The van der Waals surface area contributed by atoms with Crippen LogP contribution in [0.2, 0.25) is 0 Å². The fourth-order valence-electron chi connectivity index (χ4n) is 1.17. The van der Waals surface area contributed by atoms with Crippen LogP contribution in [0.5, 0.6) is 0 Å². The molecule has 0 aliphatic carbocycles. The van der Waals surface area contributed by atoms with Gasteiger partial charge in [-0.15, -0.1) is 0 Å². The highest BCUT2D eigenvalue weighted by atomic mass is 19.1. The second-order valence-corrected chi connectivity index (χ2v) is 2.81. The number of hydrogen-bond acceptors (Lipinski definition) is 4. The molecule has 0 saturated heterocycles. The van der Waals surface area contributed by atoms with Gasteiger partial charge in [0.1, 0.15) is 5.82 Å². The smallest absolute Gasteiger partial charge is 0.336 e. The Hall–Kier alpha value is -2.24. The molecule has 0 amide bonds. The van der Waals surface area contributed by atoms with Gasteiger partial charge in [0.2, 0.25) is 6.26 Å². The Morgan fingerprint density at radius 3 is 2.60 bits per heavy atom. The molecule has 0 saturated carbocycles. The van der Waals surface area contributed by atoms with Crippen LogP contribution in [0, 0.1) is 15.9 Å². The summed E-state index contributed by atoms with van der Waals surface area (Å²) in [5.74, 6) is -0.412. The summed E-state index contributed by atoms with van der Waals surface area (Å²) in [7, 11) is 0.